The molecular formula is C17H26O4S. The van der Waals surface area contributed by atoms with Gasteiger partial charge in [-0.25, -0.2) is 0 Å². The van der Waals surface area contributed by atoms with Crippen LogP contribution in [-0.4, -0.2) is 23.1 Å². The first-order valence-electron chi connectivity index (χ1n) is 7.28. The van der Waals surface area contributed by atoms with Crippen molar-refractivity contribution >= 4 is 23.3 Å². The predicted molar refractivity (Wildman–Crippen MR) is 88.1 cm³/mol. The molecule has 1 heterocycles. The first-order chi connectivity index (χ1) is 9.75. The van der Waals surface area contributed by atoms with E-state index in [-0.39, 0.29) is 0 Å². The van der Waals surface area contributed by atoms with Crippen LogP contribution in [0, 0.1) is 6.92 Å². The largest absolute Gasteiger partial charge is 0.459 e. The summed E-state index contributed by atoms with van der Waals surface area (Å²) in [6.45, 7) is 14.2. The van der Waals surface area contributed by atoms with Crippen molar-refractivity contribution in [1.82, 2.24) is 0 Å². The maximum absolute atomic E-state index is 12.7. The number of rotatable bonds is 3. The van der Waals surface area contributed by atoms with Gasteiger partial charge in [0.15, 0.2) is 5.41 Å². The molecule has 0 unspecified atom stereocenters. The maximum Gasteiger partial charge on any atom is 0.328 e. The monoisotopic (exact) mass is 326 g/mol. The zero-order valence-electron chi connectivity index (χ0n) is 14.7. The fourth-order valence-corrected chi connectivity index (χ4v) is 2.60. The summed E-state index contributed by atoms with van der Waals surface area (Å²) in [7, 11) is 0. The Balaban J connectivity index is 3.26. The van der Waals surface area contributed by atoms with Gasteiger partial charge in [-0.15, -0.1) is 11.3 Å². The quantitative estimate of drug-likeness (QED) is 0.622. The van der Waals surface area contributed by atoms with Crippen LogP contribution < -0.4 is 0 Å². The minimum absolute atomic E-state index is 0.591. The molecule has 0 aliphatic carbocycles. The molecule has 0 radical (unpaired) electrons. The number of hydrogen-bond donors (Lipinski definition) is 0. The second-order valence-corrected chi connectivity index (χ2v) is 8.69. The lowest BCUT2D eigenvalue weighted by atomic mass is 9.83. The molecule has 0 N–H and O–H groups in total. The molecule has 0 saturated heterocycles. The second-order valence-electron chi connectivity index (χ2n) is 7.57. The second kappa shape index (κ2) is 6.03. The lowest BCUT2D eigenvalue weighted by Gasteiger charge is -2.32. The summed E-state index contributed by atoms with van der Waals surface area (Å²) in [5.41, 5.74) is -2.21. The minimum Gasteiger partial charge on any atom is -0.459 e. The van der Waals surface area contributed by atoms with Crippen molar-refractivity contribution in [3.05, 3.63) is 21.9 Å². The Morgan fingerprint density at radius 2 is 1.32 bits per heavy atom. The Kier molecular flexibility index (Phi) is 5.12. The fourth-order valence-electron chi connectivity index (χ4n) is 1.78. The van der Waals surface area contributed by atoms with Gasteiger partial charge in [-0.05, 0) is 72.4 Å². The highest BCUT2D eigenvalue weighted by Crippen LogP contribution is 2.33. The summed E-state index contributed by atoms with van der Waals surface area (Å²) in [5, 5.41) is 1.81. The average molecular weight is 326 g/mol. The van der Waals surface area contributed by atoms with Crippen LogP contribution in [-0.2, 0) is 24.5 Å². The Bertz CT molecular complexity index is 530. The van der Waals surface area contributed by atoms with Gasteiger partial charge in [-0.3, -0.25) is 9.59 Å². The highest BCUT2D eigenvalue weighted by molar-refractivity contribution is 7.10. The minimum atomic E-state index is -1.47. The van der Waals surface area contributed by atoms with Gasteiger partial charge in [-0.1, -0.05) is 0 Å². The molecule has 0 aliphatic rings. The van der Waals surface area contributed by atoms with Gasteiger partial charge in [0.25, 0.3) is 0 Å². The Morgan fingerprint density at radius 3 is 1.59 bits per heavy atom. The summed E-state index contributed by atoms with van der Waals surface area (Å²) >= 11 is 1.49. The van der Waals surface area contributed by atoms with Crippen molar-refractivity contribution < 1.29 is 19.1 Å². The number of ether oxygens (including phenoxy) is 2. The zero-order chi connectivity index (χ0) is 17.3. The fraction of sp³-hybridized carbons (Fsp3) is 0.647. The molecule has 4 nitrogen and oxygen atoms in total. The first-order valence-corrected chi connectivity index (χ1v) is 8.16. The van der Waals surface area contributed by atoms with Gasteiger partial charge in [0, 0.05) is 4.88 Å². The van der Waals surface area contributed by atoms with E-state index in [9.17, 15) is 9.59 Å². The Morgan fingerprint density at radius 1 is 0.909 bits per heavy atom. The molecule has 0 saturated carbocycles. The predicted octanol–water partition coefficient (Wildman–Crippen LogP) is 4.00. The van der Waals surface area contributed by atoms with E-state index >= 15 is 0 Å². The van der Waals surface area contributed by atoms with Crippen molar-refractivity contribution in [2.24, 2.45) is 0 Å². The van der Waals surface area contributed by atoms with Crippen molar-refractivity contribution in [1.29, 1.82) is 0 Å². The van der Waals surface area contributed by atoms with Crippen LogP contribution in [0.2, 0.25) is 0 Å². The number of esters is 2. The number of thiophene rings is 1. The number of hydrogen-bond acceptors (Lipinski definition) is 5. The van der Waals surface area contributed by atoms with Crippen LogP contribution >= 0.6 is 11.3 Å². The number of carbonyl (C=O) groups excluding carboxylic acids is 2. The van der Waals surface area contributed by atoms with Gasteiger partial charge in [-0.2, -0.15) is 0 Å². The zero-order valence-corrected chi connectivity index (χ0v) is 15.5. The topological polar surface area (TPSA) is 52.6 Å². The lowest BCUT2D eigenvalue weighted by molar-refractivity contribution is -0.176. The van der Waals surface area contributed by atoms with E-state index in [1.54, 1.807) is 48.5 Å². The molecule has 0 aliphatic heterocycles. The van der Waals surface area contributed by atoms with Crippen LogP contribution in [0.1, 0.15) is 58.9 Å². The van der Waals surface area contributed by atoms with E-state index in [1.165, 1.54) is 11.3 Å². The van der Waals surface area contributed by atoms with Gasteiger partial charge >= 0.3 is 11.9 Å². The summed E-state index contributed by atoms with van der Waals surface area (Å²) < 4.78 is 10.9. The molecule has 0 bridgehead atoms. The summed E-state index contributed by atoms with van der Waals surface area (Å²) in [4.78, 5) is 26.4. The Hall–Kier alpha value is -1.36. The third-order valence-electron chi connectivity index (χ3n) is 2.92. The van der Waals surface area contributed by atoms with Gasteiger partial charge in [0.1, 0.15) is 11.2 Å². The van der Waals surface area contributed by atoms with Gasteiger partial charge in [0.2, 0.25) is 0 Å². The van der Waals surface area contributed by atoms with Crippen molar-refractivity contribution in [3.63, 3.8) is 0 Å². The normalized spacial score (nSPS) is 12.9. The Labute approximate surface area is 136 Å². The molecule has 1 aromatic rings. The molecule has 0 aromatic carbocycles. The lowest BCUT2D eigenvalue weighted by Crippen LogP contribution is -2.47. The summed E-state index contributed by atoms with van der Waals surface area (Å²) in [5.74, 6) is -1.18. The van der Waals surface area contributed by atoms with Crippen LogP contribution in [0.5, 0.6) is 0 Å². The average Bonchev–Trinajstić information content (AvgIpc) is 2.70. The maximum atomic E-state index is 12.7. The third-order valence-corrected chi connectivity index (χ3v) is 3.78. The smallest absolute Gasteiger partial charge is 0.328 e. The summed E-state index contributed by atoms with van der Waals surface area (Å²) in [6.07, 6.45) is 0. The van der Waals surface area contributed by atoms with E-state index in [0.29, 0.717) is 5.56 Å². The molecule has 0 amide bonds. The molecule has 0 atom stereocenters. The molecule has 1 aromatic heterocycles. The molecule has 5 heteroatoms. The van der Waals surface area contributed by atoms with Gasteiger partial charge in [0.05, 0.1) is 0 Å². The van der Waals surface area contributed by atoms with Crippen molar-refractivity contribution in [2.75, 3.05) is 0 Å². The summed E-state index contributed by atoms with van der Waals surface area (Å²) in [6, 6.07) is 1.83. The third kappa shape index (κ3) is 4.57. The van der Waals surface area contributed by atoms with E-state index in [1.807, 2.05) is 18.4 Å². The molecular weight excluding hydrogens is 300 g/mol. The molecule has 22 heavy (non-hydrogen) atoms. The first kappa shape index (κ1) is 18.7. The van der Waals surface area contributed by atoms with Crippen LogP contribution in [0.25, 0.3) is 0 Å². The molecule has 124 valence electrons. The van der Waals surface area contributed by atoms with Crippen molar-refractivity contribution in [3.8, 4) is 0 Å². The number of carbonyl (C=O) groups is 2. The van der Waals surface area contributed by atoms with E-state index in [0.717, 1.165) is 4.88 Å². The molecule has 0 spiro atoms. The van der Waals surface area contributed by atoms with E-state index in [4.69, 9.17) is 9.47 Å². The van der Waals surface area contributed by atoms with Crippen LogP contribution in [0.15, 0.2) is 11.4 Å². The number of aryl methyl sites for hydroxylation is 1. The van der Waals surface area contributed by atoms with E-state index < -0.39 is 28.6 Å². The van der Waals surface area contributed by atoms with Crippen LogP contribution in [0.4, 0.5) is 0 Å². The van der Waals surface area contributed by atoms with Gasteiger partial charge < -0.3 is 9.47 Å². The van der Waals surface area contributed by atoms with Crippen molar-refractivity contribution in [2.45, 2.75) is 72.0 Å². The highest BCUT2D eigenvalue weighted by atomic mass is 32.1. The molecule has 1 rings (SSSR count). The van der Waals surface area contributed by atoms with Crippen LogP contribution in [0.3, 0.4) is 0 Å². The van der Waals surface area contributed by atoms with E-state index in [2.05, 4.69) is 0 Å². The standard InChI is InChI=1S/C17H26O4S/c1-11-9-12(10-22-11)17(8,13(18)20-15(2,3)4)14(19)21-16(5,6)7/h9-10H,1-8H3. The SMILES string of the molecule is Cc1cc(C(C)(C(=O)OC(C)(C)C)C(=O)OC(C)(C)C)cs1. The molecule has 0 fully saturated rings. The highest BCUT2D eigenvalue weighted by Gasteiger charge is 2.49.